The predicted octanol–water partition coefficient (Wildman–Crippen LogP) is 4.02. The number of hydrogen-bond donors (Lipinski definition) is 0. The summed E-state index contributed by atoms with van der Waals surface area (Å²) in [5, 5.41) is 0.0593. The van der Waals surface area contributed by atoms with Crippen LogP contribution >= 0.6 is 11.6 Å². The molecule has 1 unspecified atom stereocenters. The summed E-state index contributed by atoms with van der Waals surface area (Å²) < 4.78 is 29.5. The molecule has 1 aliphatic rings. The normalized spacial score (nSPS) is 15.7. The predicted molar refractivity (Wildman–Crippen MR) is 106 cm³/mol. The van der Waals surface area contributed by atoms with E-state index in [-0.39, 0.29) is 40.6 Å². The third-order valence-electron chi connectivity index (χ3n) is 4.44. The number of ketones is 1. The molecule has 0 bridgehead atoms. The van der Waals surface area contributed by atoms with Gasteiger partial charge in [-0.25, -0.2) is 13.8 Å². The number of aromatic nitrogens is 1. The Balaban J connectivity index is 2.28. The number of hydrogen-bond acceptors (Lipinski definition) is 5. The molecule has 0 aliphatic carbocycles. The van der Waals surface area contributed by atoms with Crippen molar-refractivity contribution in [3.05, 3.63) is 46.3 Å². The summed E-state index contributed by atoms with van der Waals surface area (Å²) in [7, 11) is 0. The summed E-state index contributed by atoms with van der Waals surface area (Å²) in [4.78, 5) is 34.6. The van der Waals surface area contributed by atoms with E-state index in [4.69, 9.17) is 16.3 Å². The Kier molecular flexibility index (Phi) is 7.61. The lowest BCUT2D eigenvalue weighted by atomic mass is 9.98. The lowest BCUT2D eigenvalue weighted by Crippen LogP contribution is -2.31. The number of pyridine rings is 1. The van der Waals surface area contributed by atoms with Crippen LogP contribution in [0.25, 0.3) is 0 Å². The summed E-state index contributed by atoms with van der Waals surface area (Å²) in [6.07, 6.45) is 1.61. The first-order chi connectivity index (χ1) is 13.7. The fraction of sp³-hybridized carbons (Fsp3) is 0.400. The molecule has 1 atom stereocenters. The van der Waals surface area contributed by atoms with Gasteiger partial charge < -0.3 is 9.64 Å². The van der Waals surface area contributed by atoms with E-state index in [0.29, 0.717) is 11.1 Å². The average Bonchev–Trinajstić information content (AvgIpc) is 3.00. The number of aliphatic imine (C=N–C) groups is 1. The monoisotopic (exact) mass is 425 g/mol. The highest BCUT2D eigenvalue weighted by molar-refractivity contribution is 6.31. The van der Waals surface area contributed by atoms with E-state index >= 15 is 0 Å². The van der Waals surface area contributed by atoms with Gasteiger partial charge in [0.2, 0.25) is 5.88 Å². The number of carbonyl (C=O) groups is 2. The summed E-state index contributed by atoms with van der Waals surface area (Å²) in [5.74, 6) is -0.820. The van der Waals surface area contributed by atoms with Gasteiger partial charge in [-0.05, 0) is 31.3 Å². The molecular weight excluding hydrogens is 404 g/mol. The number of alkyl halides is 2. The second kappa shape index (κ2) is 9.73. The SMILES string of the molecule is C=N/C=C\C1=C(C(=O)C(C)C)CN(C(C)c2cnc(OCC(F)F)c(Cl)c2)C1=O. The van der Waals surface area contributed by atoms with Gasteiger partial charge in [-0.3, -0.25) is 14.6 Å². The van der Waals surface area contributed by atoms with Gasteiger partial charge in [0.05, 0.1) is 12.6 Å². The molecule has 2 rings (SSSR count). The van der Waals surface area contributed by atoms with Crippen molar-refractivity contribution in [2.75, 3.05) is 13.2 Å². The maximum atomic E-state index is 12.9. The van der Waals surface area contributed by atoms with Gasteiger partial charge >= 0.3 is 0 Å². The van der Waals surface area contributed by atoms with Crippen molar-refractivity contribution in [1.29, 1.82) is 0 Å². The van der Waals surface area contributed by atoms with Crippen LogP contribution in [-0.2, 0) is 9.59 Å². The summed E-state index contributed by atoms with van der Waals surface area (Å²) in [6.45, 7) is 7.96. The Bertz CT molecular complexity index is 869. The smallest absolute Gasteiger partial charge is 0.272 e. The zero-order valence-electron chi connectivity index (χ0n) is 16.4. The molecule has 1 aliphatic heterocycles. The number of nitrogens with zero attached hydrogens (tertiary/aromatic N) is 3. The van der Waals surface area contributed by atoms with Crippen molar-refractivity contribution < 1.29 is 23.1 Å². The molecule has 0 saturated heterocycles. The third kappa shape index (κ3) is 5.26. The van der Waals surface area contributed by atoms with E-state index in [2.05, 4.69) is 16.7 Å². The Morgan fingerprint density at radius 1 is 1.45 bits per heavy atom. The van der Waals surface area contributed by atoms with Crippen LogP contribution in [-0.4, -0.2) is 47.9 Å². The molecule has 0 aromatic carbocycles. The summed E-state index contributed by atoms with van der Waals surface area (Å²) in [6, 6.07) is 1.05. The summed E-state index contributed by atoms with van der Waals surface area (Å²) >= 11 is 6.09. The highest BCUT2D eigenvalue weighted by Gasteiger charge is 2.36. The topological polar surface area (TPSA) is 71.9 Å². The molecule has 29 heavy (non-hydrogen) atoms. The fourth-order valence-electron chi connectivity index (χ4n) is 2.88. The molecule has 0 spiro atoms. The number of halogens is 3. The Morgan fingerprint density at radius 3 is 2.69 bits per heavy atom. The van der Waals surface area contributed by atoms with E-state index in [9.17, 15) is 18.4 Å². The molecule has 2 heterocycles. The molecule has 6 nitrogen and oxygen atoms in total. The van der Waals surface area contributed by atoms with Crippen molar-refractivity contribution >= 4 is 30.0 Å². The number of ether oxygens (including phenoxy) is 1. The summed E-state index contributed by atoms with van der Waals surface area (Å²) in [5.41, 5.74) is 1.27. The van der Waals surface area contributed by atoms with Crippen molar-refractivity contribution in [1.82, 2.24) is 9.88 Å². The third-order valence-corrected chi connectivity index (χ3v) is 4.71. The van der Waals surface area contributed by atoms with E-state index < -0.39 is 19.1 Å². The van der Waals surface area contributed by atoms with Crippen molar-refractivity contribution in [2.45, 2.75) is 33.2 Å². The van der Waals surface area contributed by atoms with Crippen molar-refractivity contribution in [2.24, 2.45) is 10.9 Å². The van der Waals surface area contributed by atoms with Gasteiger partial charge in [0.15, 0.2) is 12.4 Å². The van der Waals surface area contributed by atoms with Crippen LogP contribution in [0.15, 0.2) is 40.7 Å². The molecule has 156 valence electrons. The molecule has 1 aromatic heterocycles. The van der Waals surface area contributed by atoms with E-state index in [1.54, 1.807) is 20.8 Å². The van der Waals surface area contributed by atoms with E-state index in [0.717, 1.165) is 0 Å². The molecular formula is C20H22ClF2N3O3. The highest BCUT2D eigenvalue weighted by atomic mass is 35.5. The number of rotatable bonds is 9. The molecule has 1 aromatic rings. The van der Waals surface area contributed by atoms with Crippen LogP contribution in [0.2, 0.25) is 5.02 Å². The van der Waals surface area contributed by atoms with Crippen molar-refractivity contribution in [3.63, 3.8) is 0 Å². The zero-order valence-corrected chi connectivity index (χ0v) is 17.1. The largest absolute Gasteiger partial charge is 0.471 e. The Hall–Kier alpha value is -2.61. The number of carbonyl (C=O) groups excluding carboxylic acids is 2. The fourth-order valence-corrected chi connectivity index (χ4v) is 3.11. The average molecular weight is 426 g/mol. The minimum Gasteiger partial charge on any atom is -0.471 e. The van der Waals surface area contributed by atoms with E-state index in [1.807, 2.05) is 0 Å². The van der Waals surface area contributed by atoms with Crippen LogP contribution < -0.4 is 4.74 Å². The minimum absolute atomic E-state index is 0.0593. The van der Waals surface area contributed by atoms with Crippen LogP contribution in [0.1, 0.15) is 32.4 Å². The zero-order chi connectivity index (χ0) is 21.7. The standard InChI is InChI=1S/C20H22ClF2N3O3/c1-11(2)18(27)15-9-26(20(28)14(15)5-6-24-4)12(3)13-7-16(21)19(25-8-13)29-10-17(22)23/h5-8,11-12,17H,4,9-10H2,1-3H3/b6-5-. The highest BCUT2D eigenvalue weighted by Crippen LogP contribution is 2.33. The van der Waals surface area contributed by atoms with Crippen LogP contribution in [0.4, 0.5) is 8.78 Å². The van der Waals surface area contributed by atoms with Gasteiger partial charge in [0.25, 0.3) is 12.3 Å². The van der Waals surface area contributed by atoms with E-state index in [1.165, 1.54) is 29.4 Å². The first-order valence-corrected chi connectivity index (χ1v) is 9.32. The second-order valence-corrected chi connectivity index (χ2v) is 7.18. The number of Topliss-reactive ketones (excluding diaryl/α,β-unsaturated/α-hetero) is 1. The number of amides is 1. The molecule has 0 N–H and O–H groups in total. The molecule has 0 radical (unpaired) electrons. The second-order valence-electron chi connectivity index (χ2n) is 6.78. The van der Waals surface area contributed by atoms with Gasteiger partial charge in [-0.1, -0.05) is 25.4 Å². The van der Waals surface area contributed by atoms with Gasteiger partial charge in [0, 0.05) is 29.5 Å². The maximum absolute atomic E-state index is 12.9. The van der Waals surface area contributed by atoms with Crippen molar-refractivity contribution in [3.8, 4) is 5.88 Å². The van der Waals surface area contributed by atoms with Gasteiger partial charge in [0.1, 0.15) is 5.02 Å². The van der Waals surface area contributed by atoms with Crippen LogP contribution in [0, 0.1) is 5.92 Å². The Morgan fingerprint density at radius 2 is 2.14 bits per heavy atom. The molecule has 9 heteroatoms. The van der Waals surface area contributed by atoms with Gasteiger partial charge in [-0.2, -0.15) is 0 Å². The lowest BCUT2D eigenvalue weighted by molar-refractivity contribution is -0.127. The van der Waals surface area contributed by atoms with Crippen LogP contribution in [0.3, 0.4) is 0 Å². The molecule has 0 saturated carbocycles. The first-order valence-electron chi connectivity index (χ1n) is 8.94. The first kappa shape index (κ1) is 22.7. The quantitative estimate of drug-likeness (QED) is 0.560. The molecule has 1 amide bonds. The Labute approximate surface area is 172 Å². The van der Waals surface area contributed by atoms with Crippen LogP contribution in [0.5, 0.6) is 5.88 Å². The maximum Gasteiger partial charge on any atom is 0.272 e. The lowest BCUT2D eigenvalue weighted by Gasteiger charge is -2.25. The van der Waals surface area contributed by atoms with Gasteiger partial charge in [-0.15, -0.1) is 0 Å². The minimum atomic E-state index is -2.65. The molecule has 0 fully saturated rings.